The van der Waals surface area contributed by atoms with Gasteiger partial charge in [-0.1, -0.05) is 51.5 Å². The van der Waals surface area contributed by atoms with Crippen molar-refractivity contribution in [3.05, 3.63) is 35.4 Å². The van der Waals surface area contributed by atoms with Gasteiger partial charge in [-0.25, -0.2) is 0 Å². The summed E-state index contributed by atoms with van der Waals surface area (Å²) in [5.41, 5.74) is 2.89. The maximum absolute atomic E-state index is 3.50. The van der Waals surface area contributed by atoms with Crippen LogP contribution in [0.2, 0.25) is 0 Å². The molecule has 2 nitrogen and oxygen atoms in total. The van der Waals surface area contributed by atoms with E-state index in [1.54, 1.807) is 0 Å². The Bertz CT molecular complexity index is 349. The van der Waals surface area contributed by atoms with Crippen molar-refractivity contribution in [2.75, 3.05) is 20.1 Å². The Kier molecular flexibility index (Phi) is 7.76. The second-order valence-corrected chi connectivity index (χ2v) is 5.66. The normalized spacial score (nSPS) is 12.9. The molecule has 0 fully saturated rings. The molecule has 1 aromatic carbocycles. The summed E-state index contributed by atoms with van der Waals surface area (Å²) in [6.07, 6.45) is 2.44. The van der Waals surface area contributed by atoms with Crippen molar-refractivity contribution in [3.8, 4) is 0 Å². The highest BCUT2D eigenvalue weighted by Crippen LogP contribution is 2.12. The number of nitrogens with zero attached hydrogens (tertiary/aromatic N) is 1. The first-order chi connectivity index (χ1) is 9.17. The molecule has 1 atom stereocenters. The second kappa shape index (κ2) is 9.11. The molecule has 0 amide bonds. The fraction of sp³-hybridized carbons (Fsp3) is 0.647. The Morgan fingerprint density at radius 2 is 1.84 bits per heavy atom. The summed E-state index contributed by atoms with van der Waals surface area (Å²) in [6.45, 7) is 11.1. The smallest absolute Gasteiger partial charge is 0.0234 e. The van der Waals surface area contributed by atoms with Crippen LogP contribution >= 0.6 is 0 Å². The lowest BCUT2D eigenvalue weighted by molar-refractivity contribution is 0.274. The molecule has 0 saturated carbocycles. The van der Waals surface area contributed by atoms with Gasteiger partial charge >= 0.3 is 0 Å². The summed E-state index contributed by atoms with van der Waals surface area (Å²) in [5.74, 6) is 0.773. The topological polar surface area (TPSA) is 15.3 Å². The molecule has 1 unspecified atom stereocenters. The lowest BCUT2D eigenvalue weighted by atomic mass is 10.1. The summed E-state index contributed by atoms with van der Waals surface area (Å²) in [5, 5.41) is 3.50. The molecular formula is C17H30N2. The van der Waals surface area contributed by atoms with Crippen LogP contribution in [0.25, 0.3) is 0 Å². The average Bonchev–Trinajstić information content (AvgIpc) is 2.40. The van der Waals surface area contributed by atoms with Crippen LogP contribution in [-0.4, -0.2) is 25.0 Å². The van der Waals surface area contributed by atoms with Gasteiger partial charge in [0, 0.05) is 19.6 Å². The summed E-state index contributed by atoms with van der Waals surface area (Å²) in [4.78, 5) is 2.44. The number of nitrogens with one attached hydrogen (secondary N) is 1. The third-order valence-electron chi connectivity index (χ3n) is 3.62. The summed E-state index contributed by atoms with van der Waals surface area (Å²) < 4.78 is 0. The maximum Gasteiger partial charge on any atom is 0.0234 e. The molecule has 1 aromatic rings. The standard InChI is InChI=1S/C17H30N2/c1-5-11-18-12-16-9-7-8-10-17(16)14-19(4)13-15(3)6-2/h7-10,15,18H,5-6,11-14H2,1-4H3. The molecule has 0 spiro atoms. The minimum atomic E-state index is 0.773. The van der Waals surface area contributed by atoms with E-state index in [0.29, 0.717) is 0 Å². The SMILES string of the molecule is CCCNCc1ccccc1CN(C)CC(C)CC. The Hall–Kier alpha value is -0.860. The molecule has 0 aliphatic heterocycles. The number of benzene rings is 1. The molecule has 1 rings (SSSR count). The second-order valence-electron chi connectivity index (χ2n) is 5.66. The van der Waals surface area contributed by atoms with Crippen LogP contribution in [0.5, 0.6) is 0 Å². The van der Waals surface area contributed by atoms with Crippen molar-refractivity contribution in [2.45, 2.75) is 46.7 Å². The summed E-state index contributed by atoms with van der Waals surface area (Å²) in [6, 6.07) is 8.79. The molecule has 0 radical (unpaired) electrons. The molecule has 19 heavy (non-hydrogen) atoms. The zero-order chi connectivity index (χ0) is 14.1. The van der Waals surface area contributed by atoms with Gasteiger partial charge in [-0.05, 0) is 37.1 Å². The number of hydrogen-bond donors (Lipinski definition) is 1. The highest BCUT2D eigenvalue weighted by molar-refractivity contribution is 5.26. The molecule has 0 aliphatic rings. The van der Waals surface area contributed by atoms with Crippen LogP contribution in [0.15, 0.2) is 24.3 Å². The number of hydrogen-bond acceptors (Lipinski definition) is 2. The molecule has 0 bridgehead atoms. The fourth-order valence-electron chi connectivity index (χ4n) is 2.30. The summed E-state index contributed by atoms with van der Waals surface area (Å²) in [7, 11) is 2.22. The van der Waals surface area contributed by atoms with E-state index in [-0.39, 0.29) is 0 Å². The van der Waals surface area contributed by atoms with E-state index < -0.39 is 0 Å². The van der Waals surface area contributed by atoms with Gasteiger partial charge in [-0.3, -0.25) is 0 Å². The van der Waals surface area contributed by atoms with Gasteiger partial charge in [0.2, 0.25) is 0 Å². The molecule has 1 N–H and O–H groups in total. The molecular weight excluding hydrogens is 232 g/mol. The highest BCUT2D eigenvalue weighted by Gasteiger charge is 2.07. The molecule has 0 saturated heterocycles. The van der Waals surface area contributed by atoms with E-state index in [0.717, 1.165) is 25.6 Å². The van der Waals surface area contributed by atoms with Crippen molar-refractivity contribution < 1.29 is 0 Å². The lowest BCUT2D eigenvalue weighted by Gasteiger charge is -2.22. The van der Waals surface area contributed by atoms with Crippen LogP contribution in [0.4, 0.5) is 0 Å². The zero-order valence-corrected chi connectivity index (χ0v) is 13.1. The van der Waals surface area contributed by atoms with E-state index >= 15 is 0 Å². The van der Waals surface area contributed by atoms with E-state index in [4.69, 9.17) is 0 Å². The van der Waals surface area contributed by atoms with Gasteiger partial charge < -0.3 is 10.2 Å². The van der Waals surface area contributed by atoms with Gasteiger partial charge in [-0.2, -0.15) is 0 Å². The van der Waals surface area contributed by atoms with E-state index in [9.17, 15) is 0 Å². The minimum Gasteiger partial charge on any atom is -0.313 e. The van der Waals surface area contributed by atoms with Crippen molar-refractivity contribution in [1.29, 1.82) is 0 Å². The first-order valence-electron chi connectivity index (χ1n) is 7.63. The Morgan fingerprint density at radius 3 is 2.47 bits per heavy atom. The Labute approximate surface area is 119 Å². The maximum atomic E-state index is 3.50. The average molecular weight is 262 g/mol. The van der Waals surface area contributed by atoms with Crippen LogP contribution in [0.3, 0.4) is 0 Å². The summed E-state index contributed by atoms with van der Waals surface area (Å²) >= 11 is 0. The molecule has 2 heteroatoms. The number of rotatable bonds is 9. The molecule has 0 aromatic heterocycles. The molecule has 0 aliphatic carbocycles. The van der Waals surface area contributed by atoms with Gasteiger partial charge in [0.15, 0.2) is 0 Å². The first-order valence-corrected chi connectivity index (χ1v) is 7.63. The van der Waals surface area contributed by atoms with E-state index in [1.165, 1.54) is 30.5 Å². The quantitative estimate of drug-likeness (QED) is 0.683. The zero-order valence-electron chi connectivity index (χ0n) is 13.1. The van der Waals surface area contributed by atoms with Crippen molar-refractivity contribution in [1.82, 2.24) is 10.2 Å². The highest BCUT2D eigenvalue weighted by atomic mass is 15.1. The van der Waals surface area contributed by atoms with Crippen LogP contribution < -0.4 is 5.32 Å². The van der Waals surface area contributed by atoms with Gasteiger partial charge in [-0.15, -0.1) is 0 Å². The largest absolute Gasteiger partial charge is 0.313 e. The Balaban J connectivity index is 2.56. The predicted molar refractivity (Wildman–Crippen MR) is 84.2 cm³/mol. The lowest BCUT2D eigenvalue weighted by Crippen LogP contribution is -2.25. The van der Waals surface area contributed by atoms with Gasteiger partial charge in [0.25, 0.3) is 0 Å². The van der Waals surface area contributed by atoms with Crippen molar-refractivity contribution in [2.24, 2.45) is 5.92 Å². The van der Waals surface area contributed by atoms with Gasteiger partial charge in [0.1, 0.15) is 0 Å². The van der Waals surface area contributed by atoms with Crippen LogP contribution in [0.1, 0.15) is 44.7 Å². The predicted octanol–water partition coefficient (Wildman–Crippen LogP) is 3.66. The Morgan fingerprint density at radius 1 is 1.16 bits per heavy atom. The minimum absolute atomic E-state index is 0.773. The van der Waals surface area contributed by atoms with Crippen LogP contribution in [0, 0.1) is 5.92 Å². The van der Waals surface area contributed by atoms with Crippen molar-refractivity contribution in [3.63, 3.8) is 0 Å². The fourth-order valence-corrected chi connectivity index (χ4v) is 2.30. The third-order valence-corrected chi connectivity index (χ3v) is 3.62. The third kappa shape index (κ3) is 6.22. The van der Waals surface area contributed by atoms with Crippen LogP contribution in [-0.2, 0) is 13.1 Å². The van der Waals surface area contributed by atoms with E-state index in [2.05, 4.69) is 62.3 Å². The van der Waals surface area contributed by atoms with Crippen molar-refractivity contribution >= 4 is 0 Å². The first kappa shape index (κ1) is 16.2. The molecule has 108 valence electrons. The molecule has 0 heterocycles. The monoisotopic (exact) mass is 262 g/mol. The van der Waals surface area contributed by atoms with Gasteiger partial charge in [0.05, 0.1) is 0 Å². The van der Waals surface area contributed by atoms with E-state index in [1.807, 2.05) is 0 Å².